The van der Waals surface area contributed by atoms with E-state index >= 15 is 0 Å². The molecule has 12 aliphatic carbocycles. The first kappa shape index (κ1) is 88.9. The molecule has 20 nitrogen and oxygen atoms in total. The van der Waals surface area contributed by atoms with Gasteiger partial charge in [-0.3, -0.25) is 24.0 Å². The predicted molar refractivity (Wildman–Crippen MR) is 483 cm³/mol. The number of nitrogens with two attached hydrogens (primary N) is 1. The smallest absolute Gasteiger partial charge is 0.386 e. The lowest BCUT2D eigenvalue weighted by Gasteiger charge is -2.57. The average molecular weight is 1690 g/mol. The van der Waals surface area contributed by atoms with E-state index in [9.17, 15) is 38.4 Å². The molecule has 2 aromatic heterocycles. The SMILES string of the molecule is CC(C)N(C)C.CO.COC(=O)c1cc2c([nH]c1=O)C[C@@]13CCN(CC4CC4)C[C@@]1(Cc1ccc(C)cc13)C2.Cc1ccc2c(c1)[C@]13CCN(CC4CC4)C[C@@]1(C2)CC(C=O)C(=O)C3.Cc1ccc2c(c1)[C@]13CCN(CC4CC4)C[C@@]1(C2)Cc1cc(C(N)=O)c(=O)[nH]c1C3.Cc1ccc2c(c1)[C@]13CCN(CC4CC4)C[C@]1(CCC(=O)C3)C2.[C-]#[N+]CC(=O)OC. The number of aldehydes is 1. The monoisotopic (exact) mass is 1690 g/mol. The van der Waals surface area contributed by atoms with E-state index in [1.807, 2.05) is 6.07 Å². The number of primary amides is 1. The number of carbonyl (C=O) groups is 6. The second-order valence-corrected chi connectivity index (χ2v) is 41.9. The number of hydrogen-bond acceptors (Lipinski definition) is 16. The largest absolute Gasteiger partial charge is 0.465 e. The minimum absolute atomic E-state index is 0.0228. The lowest BCUT2D eigenvalue weighted by atomic mass is 9.51. The lowest BCUT2D eigenvalue weighted by Crippen LogP contribution is -2.61. The highest BCUT2D eigenvalue weighted by Gasteiger charge is 2.67. The molecule has 4 saturated heterocycles. The number of methoxy groups -OCH3 is 2. The molecule has 6 saturated carbocycles. The third kappa shape index (κ3) is 16.7. The molecule has 4 aliphatic heterocycles. The first-order valence-electron chi connectivity index (χ1n) is 46.6. The van der Waals surface area contributed by atoms with Crippen LogP contribution < -0.4 is 16.9 Å². The van der Waals surface area contributed by atoms with Gasteiger partial charge in [-0.15, -0.1) is 0 Å². The summed E-state index contributed by atoms with van der Waals surface area (Å²) in [5.41, 5.74) is 27.3. The Bertz CT molecular complexity index is 5290. The Balaban J connectivity index is 0.000000116. The molecule has 1 amide bonds. The van der Waals surface area contributed by atoms with Crippen LogP contribution in [0.25, 0.3) is 4.85 Å². The topological polar surface area (TPSA) is 253 Å². The number of H-pyrrole nitrogens is 2. The summed E-state index contributed by atoms with van der Waals surface area (Å²) in [6.07, 6.45) is 28.6. The highest BCUT2D eigenvalue weighted by atomic mass is 16.5. The van der Waals surface area contributed by atoms with Gasteiger partial charge >= 0.3 is 18.5 Å². The van der Waals surface area contributed by atoms with Crippen molar-refractivity contribution in [3.63, 3.8) is 0 Å². The molecule has 124 heavy (non-hydrogen) atoms. The molecule has 22 rings (SSSR count). The van der Waals surface area contributed by atoms with Crippen LogP contribution >= 0.6 is 0 Å². The number of rotatable bonds is 13. The fourth-order valence-corrected chi connectivity index (χ4v) is 26.0. The summed E-state index contributed by atoms with van der Waals surface area (Å²) in [7, 11) is 7.74. The number of aromatic amines is 2. The Kier molecular flexibility index (Phi) is 25.0. The number of aryl methyl sites for hydroxylation is 4. The minimum Gasteiger partial charge on any atom is -0.465 e. The van der Waals surface area contributed by atoms with Crippen molar-refractivity contribution in [2.24, 2.45) is 57.0 Å². The van der Waals surface area contributed by atoms with E-state index in [-0.39, 0.29) is 78.4 Å². The maximum absolute atomic E-state index is 12.7. The zero-order valence-corrected chi connectivity index (χ0v) is 75.8. The van der Waals surface area contributed by atoms with Crippen molar-refractivity contribution in [2.75, 3.05) is 121 Å². The van der Waals surface area contributed by atoms with Gasteiger partial charge in [0.15, 0.2) is 0 Å². The van der Waals surface area contributed by atoms with Crippen LogP contribution in [0, 0.1) is 85.5 Å². The molecule has 0 bridgehead atoms. The van der Waals surface area contributed by atoms with E-state index in [1.54, 1.807) is 11.6 Å². The average Bonchev–Trinajstić information content (AvgIpc) is 1.87. The highest BCUT2D eigenvalue weighted by Crippen LogP contribution is 2.67. The molecule has 0 radical (unpaired) electrons. The number of Topliss-reactive ketones (excluding diaryl/α,β-unsaturated/α-hetero) is 2. The van der Waals surface area contributed by atoms with Crippen molar-refractivity contribution in [2.45, 2.75) is 230 Å². The second-order valence-electron chi connectivity index (χ2n) is 41.9. The molecule has 1 unspecified atom stereocenters. The number of esters is 2. The van der Waals surface area contributed by atoms with Crippen molar-refractivity contribution < 1.29 is 43.3 Å². The number of nitrogens with one attached hydrogen (secondary N) is 2. The molecule has 6 heterocycles. The molecule has 5 N–H and O–H groups in total. The highest BCUT2D eigenvalue weighted by molar-refractivity contribution is 5.96. The van der Waals surface area contributed by atoms with E-state index in [0.29, 0.717) is 23.7 Å². The fraction of sp³-hybridized carbons (Fsp3) is 0.606. The van der Waals surface area contributed by atoms with Crippen LogP contribution in [-0.4, -0.2) is 202 Å². The number of aromatic nitrogens is 2. The number of hydrogen-bond donors (Lipinski definition) is 4. The van der Waals surface area contributed by atoms with E-state index < -0.39 is 17.8 Å². The molecule has 662 valence electrons. The van der Waals surface area contributed by atoms with E-state index in [4.69, 9.17) is 22.1 Å². The maximum Gasteiger partial charge on any atom is 0.386 e. The Morgan fingerprint density at radius 1 is 0.500 bits per heavy atom. The van der Waals surface area contributed by atoms with Crippen LogP contribution in [0.4, 0.5) is 0 Å². The number of likely N-dealkylation sites (tertiary alicyclic amines) is 4. The van der Waals surface area contributed by atoms with Crippen LogP contribution in [0.5, 0.6) is 0 Å². The van der Waals surface area contributed by atoms with E-state index in [0.717, 1.165) is 189 Å². The number of aliphatic hydroxyl groups is 1. The van der Waals surface area contributed by atoms with Gasteiger partial charge in [0.1, 0.15) is 29.0 Å². The minimum atomic E-state index is -0.641. The number of pyridine rings is 2. The van der Waals surface area contributed by atoms with Crippen LogP contribution in [0.1, 0.15) is 233 Å². The van der Waals surface area contributed by atoms with Gasteiger partial charge in [-0.1, -0.05) is 95.1 Å². The van der Waals surface area contributed by atoms with Crippen molar-refractivity contribution >= 4 is 35.7 Å². The summed E-state index contributed by atoms with van der Waals surface area (Å²) in [6.45, 7) is 33.0. The molecule has 6 aromatic rings. The Labute approximate surface area is 734 Å². The zero-order valence-electron chi connectivity index (χ0n) is 75.8. The fourth-order valence-electron chi connectivity index (χ4n) is 26.0. The standard InChI is InChI=1S/C26H30N2O3.C25H29N3O2.C22H27NO2.C21H27NO.C5H13N.C4H5NO2.CH4O/c1-16-3-6-18-11-25-12-19-10-20(24(30)31-2)23(29)27-22(19)13-26(25,21(18)9-16)7-8-28(15-25)14-17-4-5-17;1-15-2-5-17-10-24-11-18-9-19(22(26)29)23(30)27-21(18)12-25(24,20(17)8-15)6-7-28(14-24)13-16-3-4-16;1-15-2-5-17-9-21-10-18(13-24)20(25)11-22(21,19(17)8-15)6-7-23(14-21)12-16-3-4-16;1-15-2-5-17-11-20-7-6-18(23)12-21(20,19(17)10-15)8-9-22(14-20)13-16-3-4-16;1-5(2)6(3)4;1-5-3-4(6)7-2;1-2/h3,6,9-10,17H,4-5,7-8,11-15H2,1-2H3,(H,27,29);2,5,8-9,16H,3-4,6-7,10-14H2,1H3,(H2,26,29)(H,27,30);2,5,8,13,16,18H,3-4,6-7,9-12,14H2,1H3;2,5,10,16H,3-4,6-9,11-14H2,1H3;5H,1-4H3;3H2,2H3;2H,1H3/t25-,26-;24-,25-;18?,21-,22-;20-,21+;;;/m1110.../s1. The Morgan fingerprint density at radius 3 is 1.20 bits per heavy atom. The number of ketones is 2. The lowest BCUT2D eigenvalue weighted by molar-refractivity contribution is -0.140. The number of amides is 1. The summed E-state index contributed by atoms with van der Waals surface area (Å²) in [4.78, 5) is 118. The van der Waals surface area contributed by atoms with Gasteiger partial charge in [0.25, 0.3) is 17.0 Å². The van der Waals surface area contributed by atoms with Gasteiger partial charge in [0, 0.05) is 129 Å². The normalized spacial score (nSPS) is 29.7. The van der Waals surface area contributed by atoms with Gasteiger partial charge in [0.05, 0.1) is 20.1 Å². The number of fused-ring (bicyclic) bond motifs is 6. The van der Waals surface area contributed by atoms with Crippen LogP contribution in [0.15, 0.2) is 94.5 Å². The van der Waals surface area contributed by atoms with E-state index in [2.05, 4.69) is 172 Å². The van der Waals surface area contributed by atoms with Crippen molar-refractivity contribution in [3.05, 3.63) is 217 Å². The molecular weight excluding hydrogens is 1550 g/mol. The van der Waals surface area contributed by atoms with Gasteiger partial charge in [-0.25, -0.2) is 16.2 Å². The number of carbonyl (C=O) groups excluding carboxylic acids is 6. The van der Waals surface area contributed by atoms with Gasteiger partial charge in [-0.2, -0.15) is 0 Å². The summed E-state index contributed by atoms with van der Waals surface area (Å²) in [5.74, 6) is 2.25. The molecule has 20 heteroatoms. The summed E-state index contributed by atoms with van der Waals surface area (Å²) < 4.78 is 9.00. The van der Waals surface area contributed by atoms with Gasteiger partial charge < -0.3 is 64.4 Å². The molecular formula is C104H135N9O11. The molecule has 9 atom stereocenters. The second kappa shape index (κ2) is 34.9. The number of benzene rings is 4. The zero-order chi connectivity index (χ0) is 87.8. The summed E-state index contributed by atoms with van der Waals surface area (Å²) in [5, 5.41) is 7.00. The molecule has 10 fully saturated rings. The van der Waals surface area contributed by atoms with Crippen molar-refractivity contribution in [1.82, 2.24) is 34.5 Å². The van der Waals surface area contributed by atoms with Crippen molar-refractivity contribution in [1.29, 1.82) is 0 Å². The van der Waals surface area contributed by atoms with Crippen LogP contribution in [0.3, 0.4) is 0 Å². The first-order valence-corrected chi connectivity index (χ1v) is 46.6. The van der Waals surface area contributed by atoms with Crippen molar-refractivity contribution in [3.8, 4) is 0 Å². The third-order valence-electron chi connectivity index (χ3n) is 33.3. The summed E-state index contributed by atoms with van der Waals surface area (Å²) in [6, 6.07) is 32.1. The number of nitrogens with zero attached hydrogens (tertiary/aromatic N) is 6. The first-order chi connectivity index (χ1) is 59.4. The molecule has 16 aliphatic rings. The maximum atomic E-state index is 12.7. The number of ether oxygens (including phenoxy) is 2. The van der Waals surface area contributed by atoms with Crippen LogP contribution in [0.2, 0.25) is 0 Å². The summed E-state index contributed by atoms with van der Waals surface area (Å²) >= 11 is 0. The van der Waals surface area contributed by atoms with Gasteiger partial charge in [0.2, 0.25) is 0 Å². The van der Waals surface area contributed by atoms with Gasteiger partial charge in [-0.05, 0) is 325 Å². The Morgan fingerprint density at radius 2 is 0.847 bits per heavy atom. The number of piperidine rings is 4. The van der Waals surface area contributed by atoms with E-state index in [1.165, 1.54) is 179 Å². The Hall–Kier alpha value is -8.55. The molecule has 4 aromatic carbocycles. The van der Waals surface area contributed by atoms with Crippen LogP contribution in [-0.2, 0) is 102 Å². The quantitative estimate of drug-likeness (QED) is 0.0363. The third-order valence-corrected chi connectivity index (χ3v) is 33.3. The molecule has 0 spiro atoms. The number of aliphatic hydroxyl groups excluding tert-OH is 1. The predicted octanol–water partition coefficient (Wildman–Crippen LogP) is 13.0.